The summed E-state index contributed by atoms with van der Waals surface area (Å²) >= 11 is 1.45. The molecule has 0 aliphatic heterocycles. The van der Waals surface area contributed by atoms with Crippen LogP contribution in [0.2, 0.25) is 0 Å². The minimum absolute atomic E-state index is 0.156. The van der Waals surface area contributed by atoms with E-state index in [2.05, 4.69) is 10.1 Å². The number of nitrogens with zero attached hydrogens (tertiary/aromatic N) is 5. The molecule has 3 aromatic heterocycles. The van der Waals surface area contributed by atoms with Gasteiger partial charge in [0, 0.05) is 12.7 Å². The van der Waals surface area contributed by atoms with E-state index in [0.29, 0.717) is 29.7 Å². The molecule has 0 unspecified atom stereocenters. The lowest BCUT2D eigenvalue weighted by Gasteiger charge is -2.19. The topological polar surface area (TPSA) is 73.1 Å². The molecule has 0 atom stereocenters. The number of hydrogen-bond donors (Lipinski definition) is 0. The van der Waals surface area contributed by atoms with Gasteiger partial charge in [0.25, 0.3) is 5.91 Å². The summed E-state index contributed by atoms with van der Waals surface area (Å²) in [6.07, 6.45) is 1.72. The van der Waals surface area contributed by atoms with Crippen LogP contribution >= 0.6 is 11.3 Å². The molecule has 4 aromatic rings. The highest BCUT2D eigenvalue weighted by Gasteiger charge is 2.26. The van der Waals surface area contributed by atoms with E-state index >= 15 is 0 Å². The molecule has 148 valence electrons. The minimum atomic E-state index is -0.156. The van der Waals surface area contributed by atoms with E-state index in [4.69, 9.17) is 9.72 Å². The normalized spacial score (nSPS) is 11.0. The predicted molar refractivity (Wildman–Crippen MR) is 114 cm³/mol. The van der Waals surface area contributed by atoms with Gasteiger partial charge in [-0.15, -0.1) is 0 Å². The lowest BCUT2D eigenvalue weighted by Crippen LogP contribution is -2.32. The van der Waals surface area contributed by atoms with Gasteiger partial charge in [0.2, 0.25) is 0 Å². The number of aromatic nitrogens is 4. The number of carbonyl (C=O) groups excluding carboxylic acids is 1. The first-order valence-electron chi connectivity index (χ1n) is 9.30. The number of carbonyl (C=O) groups is 1. The Hall–Kier alpha value is -3.26. The standard InChI is InChI=1S/C21H21N5O2S/c1-4-26-16(12-14(2)24-26)20(27)25(13-15-8-5-6-11-22-15)21-23-19-17(28-3)9-7-10-18(19)29-21/h5-12H,4,13H2,1-3H3. The van der Waals surface area contributed by atoms with Crippen molar-refractivity contribution >= 4 is 32.6 Å². The highest BCUT2D eigenvalue weighted by atomic mass is 32.1. The highest BCUT2D eigenvalue weighted by molar-refractivity contribution is 7.22. The van der Waals surface area contributed by atoms with Crippen LogP contribution < -0.4 is 9.64 Å². The Morgan fingerprint density at radius 3 is 2.83 bits per heavy atom. The van der Waals surface area contributed by atoms with Crippen LogP contribution in [0, 0.1) is 6.92 Å². The number of hydrogen-bond acceptors (Lipinski definition) is 6. The van der Waals surface area contributed by atoms with Gasteiger partial charge < -0.3 is 4.74 Å². The zero-order chi connectivity index (χ0) is 20.4. The molecule has 29 heavy (non-hydrogen) atoms. The summed E-state index contributed by atoms with van der Waals surface area (Å²) in [5.41, 5.74) is 2.87. The molecular formula is C21H21N5O2S. The van der Waals surface area contributed by atoms with Gasteiger partial charge in [0.15, 0.2) is 5.13 Å². The van der Waals surface area contributed by atoms with E-state index < -0.39 is 0 Å². The molecule has 0 aliphatic carbocycles. The fourth-order valence-electron chi connectivity index (χ4n) is 3.17. The number of fused-ring (bicyclic) bond motifs is 1. The van der Waals surface area contributed by atoms with Gasteiger partial charge in [-0.25, -0.2) is 4.98 Å². The summed E-state index contributed by atoms with van der Waals surface area (Å²) < 4.78 is 8.11. The number of amides is 1. The van der Waals surface area contributed by atoms with E-state index in [1.165, 1.54) is 11.3 Å². The van der Waals surface area contributed by atoms with Crippen molar-refractivity contribution in [3.8, 4) is 5.75 Å². The molecule has 4 rings (SSSR count). The third-order valence-electron chi connectivity index (χ3n) is 4.53. The van der Waals surface area contributed by atoms with Gasteiger partial charge in [0.05, 0.1) is 29.7 Å². The van der Waals surface area contributed by atoms with Crippen molar-refractivity contribution in [1.82, 2.24) is 19.7 Å². The lowest BCUT2D eigenvalue weighted by molar-refractivity contribution is 0.0974. The van der Waals surface area contributed by atoms with E-state index in [9.17, 15) is 4.79 Å². The van der Waals surface area contributed by atoms with Crippen LogP contribution in [0.15, 0.2) is 48.7 Å². The molecule has 0 fully saturated rings. The molecule has 3 heterocycles. The summed E-state index contributed by atoms with van der Waals surface area (Å²) in [4.78, 5) is 24.3. The Kier molecular flexibility index (Phi) is 5.26. The molecule has 0 saturated carbocycles. The van der Waals surface area contributed by atoms with E-state index in [1.807, 2.05) is 56.3 Å². The highest BCUT2D eigenvalue weighted by Crippen LogP contribution is 2.35. The van der Waals surface area contributed by atoms with Gasteiger partial charge in [-0.1, -0.05) is 23.5 Å². The number of benzene rings is 1. The van der Waals surface area contributed by atoms with E-state index in [0.717, 1.165) is 21.6 Å². The van der Waals surface area contributed by atoms with Crippen molar-refractivity contribution in [2.45, 2.75) is 26.9 Å². The van der Waals surface area contributed by atoms with Crippen molar-refractivity contribution in [3.63, 3.8) is 0 Å². The van der Waals surface area contributed by atoms with Crippen LogP contribution in [-0.4, -0.2) is 32.8 Å². The molecule has 0 radical (unpaired) electrons. The van der Waals surface area contributed by atoms with Crippen molar-refractivity contribution < 1.29 is 9.53 Å². The molecular weight excluding hydrogens is 386 g/mol. The Labute approximate surface area is 172 Å². The second-order valence-corrected chi connectivity index (χ2v) is 7.51. The first kappa shape index (κ1) is 19.1. The van der Waals surface area contributed by atoms with Crippen molar-refractivity contribution in [2.75, 3.05) is 12.0 Å². The monoisotopic (exact) mass is 407 g/mol. The maximum absolute atomic E-state index is 13.5. The van der Waals surface area contributed by atoms with Crippen molar-refractivity contribution in [2.24, 2.45) is 0 Å². The lowest BCUT2D eigenvalue weighted by atomic mass is 10.3. The Morgan fingerprint density at radius 1 is 1.24 bits per heavy atom. The maximum Gasteiger partial charge on any atom is 0.278 e. The summed E-state index contributed by atoms with van der Waals surface area (Å²) in [5.74, 6) is 0.529. The third-order valence-corrected chi connectivity index (χ3v) is 5.58. The van der Waals surface area contributed by atoms with Crippen LogP contribution in [0.4, 0.5) is 5.13 Å². The summed E-state index contributed by atoms with van der Waals surface area (Å²) in [6, 6.07) is 13.2. The van der Waals surface area contributed by atoms with Crippen LogP contribution in [-0.2, 0) is 13.1 Å². The zero-order valence-electron chi connectivity index (χ0n) is 16.5. The van der Waals surface area contributed by atoms with Gasteiger partial charge in [0.1, 0.15) is 17.0 Å². The van der Waals surface area contributed by atoms with Crippen molar-refractivity contribution in [1.29, 1.82) is 0 Å². The molecule has 8 heteroatoms. The fourth-order valence-corrected chi connectivity index (χ4v) is 4.15. The SMILES string of the molecule is CCn1nc(C)cc1C(=O)N(Cc1ccccn1)c1nc2c(OC)cccc2s1. The molecule has 0 N–H and O–H groups in total. The molecule has 7 nitrogen and oxygen atoms in total. The van der Waals surface area contributed by atoms with Crippen LogP contribution in [0.5, 0.6) is 5.75 Å². The molecule has 0 saturated heterocycles. The Balaban J connectivity index is 1.81. The van der Waals surface area contributed by atoms with Crippen molar-refractivity contribution in [3.05, 3.63) is 65.7 Å². The number of anilines is 1. The number of pyridine rings is 1. The fraction of sp³-hybridized carbons (Fsp3) is 0.238. The second kappa shape index (κ2) is 8.00. The van der Waals surface area contributed by atoms with E-state index in [-0.39, 0.29) is 5.91 Å². The number of aryl methyl sites for hydroxylation is 2. The van der Waals surface area contributed by atoms with Crippen LogP contribution in [0.3, 0.4) is 0 Å². The third kappa shape index (κ3) is 3.71. The predicted octanol–water partition coefficient (Wildman–Crippen LogP) is 4.07. The average molecular weight is 407 g/mol. The van der Waals surface area contributed by atoms with Gasteiger partial charge >= 0.3 is 0 Å². The zero-order valence-corrected chi connectivity index (χ0v) is 17.3. The smallest absolute Gasteiger partial charge is 0.278 e. The minimum Gasteiger partial charge on any atom is -0.494 e. The van der Waals surface area contributed by atoms with Gasteiger partial charge in [-0.2, -0.15) is 5.10 Å². The first-order valence-corrected chi connectivity index (χ1v) is 10.1. The first-order chi connectivity index (χ1) is 14.1. The number of ether oxygens (including phenoxy) is 1. The number of para-hydroxylation sites is 1. The van der Waals surface area contributed by atoms with Gasteiger partial charge in [-0.05, 0) is 44.2 Å². The molecule has 0 spiro atoms. The number of methoxy groups -OCH3 is 1. The summed E-state index contributed by atoms with van der Waals surface area (Å²) in [5, 5.41) is 5.02. The maximum atomic E-state index is 13.5. The Bertz CT molecular complexity index is 1150. The van der Waals surface area contributed by atoms with Gasteiger partial charge in [-0.3, -0.25) is 19.4 Å². The number of rotatable bonds is 6. The summed E-state index contributed by atoms with van der Waals surface area (Å²) in [6.45, 7) is 4.78. The van der Waals surface area contributed by atoms with Crippen LogP contribution in [0.25, 0.3) is 10.2 Å². The average Bonchev–Trinajstić information content (AvgIpc) is 3.35. The summed E-state index contributed by atoms with van der Waals surface area (Å²) in [7, 11) is 1.62. The Morgan fingerprint density at radius 2 is 2.10 bits per heavy atom. The molecule has 1 aromatic carbocycles. The van der Waals surface area contributed by atoms with E-state index in [1.54, 1.807) is 22.9 Å². The van der Waals surface area contributed by atoms with Crippen LogP contribution in [0.1, 0.15) is 28.8 Å². The largest absolute Gasteiger partial charge is 0.494 e. The molecule has 0 aliphatic rings. The molecule has 1 amide bonds. The molecule has 0 bridgehead atoms. The quantitative estimate of drug-likeness (QED) is 0.482. The second-order valence-electron chi connectivity index (χ2n) is 6.50. The number of thiazole rings is 1.